The van der Waals surface area contributed by atoms with Crippen molar-refractivity contribution >= 4 is 12.0 Å². The fourth-order valence-electron chi connectivity index (χ4n) is 4.39. The summed E-state index contributed by atoms with van der Waals surface area (Å²) in [6, 6.07) is 20.0. The molecule has 2 N–H and O–H groups in total. The summed E-state index contributed by atoms with van der Waals surface area (Å²) < 4.78 is 27.9. The van der Waals surface area contributed by atoms with Gasteiger partial charge in [-0.15, -0.1) is 0 Å². The number of hydrogen-bond donors (Lipinski definition) is 1. The van der Waals surface area contributed by atoms with E-state index in [1.54, 1.807) is 50.6 Å². The first-order chi connectivity index (χ1) is 19.5. The van der Waals surface area contributed by atoms with Gasteiger partial charge in [-0.05, 0) is 54.0 Å². The molecule has 8 heteroatoms. The molecule has 206 valence electrons. The second kappa shape index (κ2) is 13.3. The van der Waals surface area contributed by atoms with Crippen molar-refractivity contribution in [2.24, 2.45) is 5.73 Å². The lowest BCUT2D eigenvalue weighted by Gasteiger charge is -2.27. The van der Waals surface area contributed by atoms with Crippen LogP contribution in [-0.4, -0.2) is 26.8 Å². The quantitative estimate of drug-likeness (QED) is 0.134. The van der Waals surface area contributed by atoms with Gasteiger partial charge in [-0.3, -0.25) is 0 Å². The average Bonchev–Trinajstić information content (AvgIpc) is 2.97. The highest BCUT2D eigenvalue weighted by atomic mass is 16.5. The van der Waals surface area contributed by atoms with Crippen molar-refractivity contribution in [2.75, 3.05) is 20.8 Å². The molecule has 1 unspecified atom stereocenters. The molecule has 1 atom stereocenters. The van der Waals surface area contributed by atoms with Crippen LogP contribution in [0.5, 0.6) is 28.7 Å². The lowest BCUT2D eigenvalue weighted by atomic mass is 9.83. The van der Waals surface area contributed by atoms with Gasteiger partial charge in [-0.2, -0.15) is 5.26 Å². The molecule has 4 rings (SSSR count). The molecule has 8 nitrogen and oxygen atoms in total. The number of rotatable bonds is 11. The zero-order valence-corrected chi connectivity index (χ0v) is 22.8. The smallest absolute Gasteiger partial charge is 0.336 e. The molecule has 3 aromatic rings. The summed E-state index contributed by atoms with van der Waals surface area (Å²) in [5, 5.41) is 9.91. The van der Waals surface area contributed by atoms with Crippen LogP contribution in [0.3, 0.4) is 0 Å². The standard InChI is InChI=1S/C32H32N2O6/c1-4-5-6-17-38-27-15-10-22(18-29(27)37-3)31-25-14-13-24(19-28(25)40-32(34)26(31)20-33)39-30(35)16-9-21-7-11-23(36-2)12-8-21/h7-16,18-19,31H,4-6,17,34H2,1-3H3/b16-9+. The summed E-state index contributed by atoms with van der Waals surface area (Å²) in [7, 11) is 3.17. The molecule has 0 saturated heterocycles. The number of carbonyl (C=O) groups excluding carboxylic acids is 1. The topological polar surface area (TPSA) is 113 Å². The summed E-state index contributed by atoms with van der Waals surface area (Å²) in [5.41, 5.74) is 8.75. The minimum Gasteiger partial charge on any atom is -0.497 e. The molecule has 1 aliphatic rings. The number of esters is 1. The van der Waals surface area contributed by atoms with Crippen molar-refractivity contribution in [3.8, 4) is 34.8 Å². The minimum atomic E-state index is -0.552. The molecule has 0 bridgehead atoms. The van der Waals surface area contributed by atoms with Gasteiger partial charge in [-0.1, -0.05) is 44.0 Å². The number of hydrogen-bond acceptors (Lipinski definition) is 8. The molecule has 1 aliphatic heterocycles. The van der Waals surface area contributed by atoms with Gasteiger partial charge in [0.25, 0.3) is 0 Å². The maximum absolute atomic E-state index is 12.5. The zero-order valence-electron chi connectivity index (χ0n) is 22.8. The normalized spacial score (nSPS) is 14.2. The second-order valence-corrected chi connectivity index (χ2v) is 9.12. The lowest BCUT2D eigenvalue weighted by molar-refractivity contribution is -0.128. The van der Waals surface area contributed by atoms with Gasteiger partial charge in [0.1, 0.15) is 28.9 Å². The predicted molar refractivity (Wildman–Crippen MR) is 151 cm³/mol. The first-order valence-electron chi connectivity index (χ1n) is 13.0. The number of methoxy groups -OCH3 is 2. The van der Waals surface area contributed by atoms with Crippen LogP contribution in [0.4, 0.5) is 0 Å². The third-order valence-corrected chi connectivity index (χ3v) is 6.46. The third-order valence-electron chi connectivity index (χ3n) is 6.46. The second-order valence-electron chi connectivity index (χ2n) is 9.12. The van der Waals surface area contributed by atoms with E-state index in [-0.39, 0.29) is 17.2 Å². The highest BCUT2D eigenvalue weighted by Crippen LogP contribution is 2.45. The Kier molecular flexibility index (Phi) is 9.31. The van der Waals surface area contributed by atoms with E-state index < -0.39 is 11.9 Å². The Bertz CT molecular complexity index is 1450. The maximum atomic E-state index is 12.5. The van der Waals surface area contributed by atoms with E-state index in [2.05, 4.69) is 13.0 Å². The molecular weight excluding hydrogens is 508 g/mol. The van der Waals surface area contributed by atoms with Crippen LogP contribution in [-0.2, 0) is 4.79 Å². The Balaban J connectivity index is 1.56. The molecule has 3 aromatic carbocycles. The first-order valence-corrected chi connectivity index (χ1v) is 13.0. The molecule has 0 fully saturated rings. The first kappa shape index (κ1) is 28.1. The van der Waals surface area contributed by atoms with E-state index in [0.29, 0.717) is 29.4 Å². The largest absolute Gasteiger partial charge is 0.497 e. The molecule has 0 radical (unpaired) electrons. The third kappa shape index (κ3) is 6.56. The van der Waals surface area contributed by atoms with Gasteiger partial charge >= 0.3 is 5.97 Å². The molecule has 0 spiro atoms. The van der Waals surface area contributed by atoms with Crippen molar-refractivity contribution in [2.45, 2.75) is 32.1 Å². The van der Waals surface area contributed by atoms with Gasteiger partial charge in [-0.25, -0.2) is 4.79 Å². The van der Waals surface area contributed by atoms with Gasteiger partial charge in [0.15, 0.2) is 11.5 Å². The number of allylic oxidation sites excluding steroid dienone is 1. The van der Waals surface area contributed by atoms with Crippen LogP contribution < -0.4 is 29.4 Å². The van der Waals surface area contributed by atoms with Crippen molar-refractivity contribution in [1.29, 1.82) is 5.26 Å². The highest BCUT2D eigenvalue weighted by Gasteiger charge is 2.31. The summed E-state index contributed by atoms with van der Waals surface area (Å²) in [6.07, 6.45) is 6.14. The molecule has 0 aliphatic carbocycles. The van der Waals surface area contributed by atoms with Gasteiger partial charge in [0, 0.05) is 17.7 Å². The fourth-order valence-corrected chi connectivity index (χ4v) is 4.39. The van der Waals surface area contributed by atoms with Crippen LogP contribution >= 0.6 is 0 Å². The molecule has 0 saturated carbocycles. The van der Waals surface area contributed by atoms with Crippen LogP contribution in [0.15, 0.2) is 78.2 Å². The van der Waals surface area contributed by atoms with E-state index >= 15 is 0 Å². The number of carbonyl (C=O) groups is 1. The van der Waals surface area contributed by atoms with E-state index in [4.69, 9.17) is 29.4 Å². The number of fused-ring (bicyclic) bond motifs is 1. The number of benzene rings is 3. The monoisotopic (exact) mass is 540 g/mol. The fraction of sp³-hybridized carbons (Fsp3) is 0.250. The Labute approximate surface area is 234 Å². The Hall–Kier alpha value is -4.90. The van der Waals surface area contributed by atoms with Crippen molar-refractivity contribution in [3.63, 3.8) is 0 Å². The van der Waals surface area contributed by atoms with Crippen molar-refractivity contribution < 1.29 is 28.5 Å². The predicted octanol–water partition coefficient (Wildman–Crippen LogP) is 6.11. The van der Waals surface area contributed by atoms with E-state index in [1.165, 1.54) is 6.08 Å². The van der Waals surface area contributed by atoms with Gasteiger partial charge in [0.2, 0.25) is 5.88 Å². The Morgan fingerprint density at radius 3 is 2.48 bits per heavy atom. The van der Waals surface area contributed by atoms with Gasteiger partial charge < -0.3 is 29.4 Å². The van der Waals surface area contributed by atoms with E-state index in [1.807, 2.05) is 30.3 Å². The van der Waals surface area contributed by atoms with Crippen LogP contribution in [0, 0.1) is 11.3 Å². The maximum Gasteiger partial charge on any atom is 0.336 e. The summed E-state index contributed by atoms with van der Waals surface area (Å²) in [5.74, 6) is 1.53. The summed E-state index contributed by atoms with van der Waals surface area (Å²) >= 11 is 0. The van der Waals surface area contributed by atoms with E-state index in [0.717, 1.165) is 36.1 Å². The van der Waals surface area contributed by atoms with Crippen LogP contribution in [0.1, 0.15) is 48.8 Å². The minimum absolute atomic E-state index is 0.0123. The number of ether oxygens (including phenoxy) is 5. The van der Waals surface area contributed by atoms with Crippen LogP contribution in [0.2, 0.25) is 0 Å². The van der Waals surface area contributed by atoms with E-state index in [9.17, 15) is 10.1 Å². The molecule has 1 heterocycles. The molecular formula is C32H32N2O6. The number of unbranched alkanes of at least 4 members (excludes halogenated alkanes) is 2. The molecule has 0 aromatic heterocycles. The highest BCUT2D eigenvalue weighted by molar-refractivity contribution is 5.88. The zero-order chi connectivity index (χ0) is 28.5. The number of nitrogens with zero attached hydrogens (tertiary/aromatic N) is 1. The van der Waals surface area contributed by atoms with Crippen molar-refractivity contribution in [3.05, 3.63) is 94.9 Å². The summed E-state index contributed by atoms with van der Waals surface area (Å²) in [6.45, 7) is 2.73. The summed E-state index contributed by atoms with van der Waals surface area (Å²) in [4.78, 5) is 12.5. The molecule has 0 amide bonds. The molecule has 40 heavy (non-hydrogen) atoms. The average molecular weight is 541 g/mol. The Morgan fingerprint density at radius 2 is 1.77 bits per heavy atom. The SMILES string of the molecule is CCCCCOc1ccc(C2C(C#N)=C(N)Oc3cc(OC(=O)/C=C/c4ccc(OC)cc4)ccc32)cc1OC. The van der Waals surface area contributed by atoms with Crippen LogP contribution in [0.25, 0.3) is 6.08 Å². The van der Waals surface area contributed by atoms with Gasteiger partial charge in [0.05, 0.1) is 26.7 Å². The lowest BCUT2D eigenvalue weighted by Crippen LogP contribution is -2.21. The van der Waals surface area contributed by atoms with Crippen molar-refractivity contribution in [1.82, 2.24) is 0 Å². The number of nitriles is 1. The Morgan fingerprint density at radius 1 is 1.00 bits per heavy atom. The number of nitrogens with two attached hydrogens (primary N) is 1.